The van der Waals surface area contributed by atoms with Gasteiger partial charge in [0.05, 0.1) is 11.1 Å². The largest absolute Gasteiger partial charge is 0.369 e. The molecular weight excluding hydrogens is 254 g/mol. The van der Waals surface area contributed by atoms with Crippen LogP contribution >= 0.6 is 0 Å². The number of amides is 1. The molecule has 0 atom stereocenters. The predicted molar refractivity (Wildman–Crippen MR) is 74.6 cm³/mol. The van der Waals surface area contributed by atoms with Crippen molar-refractivity contribution in [2.24, 2.45) is 5.92 Å². The van der Waals surface area contributed by atoms with E-state index in [1.807, 2.05) is 10.6 Å². The molecule has 6 heteroatoms. The first-order valence-corrected chi connectivity index (χ1v) is 6.63. The normalized spacial score (nSPS) is 14.2. The van der Waals surface area contributed by atoms with Crippen molar-refractivity contribution in [3.63, 3.8) is 0 Å². The van der Waals surface area contributed by atoms with Crippen LogP contribution in [0.3, 0.4) is 0 Å². The number of imidazole rings is 1. The number of nitriles is 1. The molecule has 3 N–H and O–H groups in total. The van der Waals surface area contributed by atoms with E-state index in [0.29, 0.717) is 30.1 Å². The molecule has 1 aromatic heterocycles. The number of fused-ring (bicyclic) bond motifs is 1. The molecule has 1 saturated carbocycles. The van der Waals surface area contributed by atoms with Gasteiger partial charge in [0.25, 0.3) is 0 Å². The van der Waals surface area contributed by atoms with Crippen molar-refractivity contribution in [3.8, 4) is 6.07 Å². The van der Waals surface area contributed by atoms with E-state index in [0.717, 1.165) is 18.4 Å². The molecule has 0 saturated heterocycles. The highest BCUT2D eigenvalue weighted by Crippen LogP contribution is 2.28. The molecule has 20 heavy (non-hydrogen) atoms. The fourth-order valence-electron chi connectivity index (χ4n) is 2.27. The number of nitrogens with two attached hydrogens (primary N) is 1. The summed E-state index contributed by atoms with van der Waals surface area (Å²) in [6.45, 7) is 1.07. The zero-order valence-corrected chi connectivity index (χ0v) is 11.0. The average Bonchev–Trinajstić information content (AvgIpc) is 3.24. The van der Waals surface area contributed by atoms with Gasteiger partial charge in [-0.25, -0.2) is 4.98 Å². The van der Waals surface area contributed by atoms with Crippen LogP contribution in [0.2, 0.25) is 0 Å². The first-order chi connectivity index (χ1) is 9.70. The van der Waals surface area contributed by atoms with Gasteiger partial charge in [0.2, 0.25) is 11.9 Å². The highest BCUT2D eigenvalue weighted by molar-refractivity contribution is 5.84. The molecule has 0 radical (unpaired) electrons. The lowest BCUT2D eigenvalue weighted by atomic mass is 10.2. The first-order valence-electron chi connectivity index (χ1n) is 6.63. The summed E-state index contributed by atoms with van der Waals surface area (Å²) in [5.74, 6) is 0.686. The summed E-state index contributed by atoms with van der Waals surface area (Å²) in [6, 6.07) is 7.51. The van der Waals surface area contributed by atoms with E-state index in [1.54, 1.807) is 12.1 Å². The Labute approximate surface area is 116 Å². The van der Waals surface area contributed by atoms with Crippen molar-refractivity contribution >= 4 is 22.9 Å². The number of nitrogens with one attached hydrogen (secondary N) is 1. The van der Waals surface area contributed by atoms with E-state index in [1.165, 1.54) is 0 Å². The van der Waals surface area contributed by atoms with Gasteiger partial charge in [0, 0.05) is 19.0 Å². The summed E-state index contributed by atoms with van der Waals surface area (Å²) in [5.41, 5.74) is 7.84. The number of hydrogen-bond acceptors (Lipinski definition) is 4. The fraction of sp³-hybridized carbons (Fsp3) is 0.357. The van der Waals surface area contributed by atoms with Gasteiger partial charge < -0.3 is 15.6 Å². The van der Waals surface area contributed by atoms with Crippen LogP contribution in [0, 0.1) is 17.2 Å². The van der Waals surface area contributed by atoms with E-state index in [2.05, 4.69) is 16.4 Å². The lowest BCUT2D eigenvalue weighted by Gasteiger charge is -2.07. The maximum absolute atomic E-state index is 11.6. The molecule has 3 rings (SSSR count). The van der Waals surface area contributed by atoms with E-state index in [-0.39, 0.29) is 11.8 Å². The van der Waals surface area contributed by atoms with Crippen molar-refractivity contribution in [3.05, 3.63) is 23.8 Å². The number of carbonyl (C=O) groups is 1. The number of anilines is 1. The summed E-state index contributed by atoms with van der Waals surface area (Å²) >= 11 is 0. The Morgan fingerprint density at radius 3 is 3.05 bits per heavy atom. The highest BCUT2D eigenvalue weighted by atomic mass is 16.2. The van der Waals surface area contributed by atoms with Gasteiger partial charge in [-0.3, -0.25) is 4.79 Å². The Balaban J connectivity index is 1.79. The Bertz CT molecular complexity index is 708. The third kappa shape index (κ3) is 2.18. The van der Waals surface area contributed by atoms with Crippen LogP contribution < -0.4 is 11.1 Å². The predicted octanol–water partition coefficient (Wildman–Crippen LogP) is 1.02. The smallest absolute Gasteiger partial charge is 0.223 e. The molecule has 1 heterocycles. The summed E-state index contributed by atoms with van der Waals surface area (Å²) < 4.78 is 1.82. The van der Waals surface area contributed by atoms with Gasteiger partial charge in [-0.1, -0.05) is 6.07 Å². The van der Waals surface area contributed by atoms with Crippen LogP contribution in [0.25, 0.3) is 11.0 Å². The lowest BCUT2D eigenvalue weighted by Crippen LogP contribution is -2.28. The molecule has 6 nitrogen and oxygen atoms in total. The standard InChI is InChI=1S/C14H15N5O/c15-8-10-2-1-3-11-12(10)18-14(16)19(11)7-6-17-13(20)9-4-5-9/h1-3,9H,4-7H2,(H2,16,18)(H,17,20). The van der Waals surface area contributed by atoms with Crippen molar-refractivity contribution in [2.45, 2.75) is 19.4 Å². The Hall–Kier alpha value is -2.55. The molecule has 0 bridgehead atoms. The van der Waals surface area contributed by atoms with E-state index < -0.39 is 0 Å². The minimum atomic E-state index is 0.116. The average molecular weight is 269 g/mol. The van der Waals surface area contributed by atoms with Crippen LogP contribution in [0.4, 0.5) is 5.95 Å². The summed E-state index contributed by atoms with van der Waals surface area (Å²) in [5, 5.41) is 12.0. The van der Waals surface area contributed by atoms with Crippen molar-refractivity contribution in [2.75, 3.05) is 12.3 Å². The number of para-hydroxylation sites is 1. The topological polar surface area (TPSA) is 96.7 Å². The number of nitrogens with zero attached hydrogens (tertiary/aromatic N) is 3. The Morgan fingerprint density at radius 2 is 2.35 bits per heavy atom. The third-order valence-corrected chi connectivity index (χ3v) is 3.51. The molecule has 2 aromatic rings. The number of carbonyl (C=O) groups excluding carboxylic acids is 1. The van der Waals surface area contributed by atoms with Crippen LogP contribution in [-0.2, 0) is 11.3 Å². The molecule has 0 aliphatic heterocycles. The molecule has 102 valence electrons. The van der Waals surface area contributed by atoms with Crippen molar-refractivity contribution < 1.29 is 4.79 Å². The molecule has 1 aliphatic rings. The molecule has 0 spiro atoms. The van der Waals surface area contributed by atoms with Crippen LogP contribution in [0.5, 0.6) is 0 Å². The second-order valence-corrected chi connectivity index (χ2v) is 4.97. The number of hydrogen-bond donors (Lipinski definition) is 2. The monoisotopic (exact) mass is 269 g/mol. The van der Waals surface area contributed by atoms with Crippen LogP contribution in [0.1, 0.15) is 18.4 Å². The lowest BCUT2D eigenvalue weighted by molar-refractivity contribution is -0.122. The van der Waals surface area contributed by atoms with Gasteiger partial charge in [-0.15, -0.1) is 0 Å². The minimum Gasteiger partial charge on any atom is -0.369 e. The Kier molecular flexibility index (Phi) is 3.03. The maximum atomic E-state index is 11.6. The maximum Gasteiger partial charge on any atom is 0.223 e. The first kappa shape index (κ1) is 12.5. The number of aromatic nitrogens is 2. The number of benzene rings is 1. The molecule has 0 unspecified atom stereocenters. The van der Waals surface area contributed by atoms with Gasteiger partial charge >= 0.3 is 0 Å². The van der Waals surface area contributed by atoms with E-state index in [9.17, 15) is 4.79 Å². The highest BCUT2D eigenvalue weighted by Gasteiger charge is 2.29. The van der Waals surface area contributed by atoms with Gasteiger partial charge in [-0.2, -0.15) is 5.26 Å². The van der Waals surface area contributed by atoms with Gasteiger partial charge in [-0.05, 0) is 25.0 Å². The Morgan fingerprint density at radius 1 is 1.55 bits per heavy atom. The second kappa shape index (κ2) is 4.85. The minimum absolute atomic E-state index is 0.116. The van der Waals surface area contributed by atoms with Crippen LogP contribution in [-0.4, -0.2) is 22.0 Å². The van der Waals surface area contributed by atoms with Crippen LogP contribution in [0.15, 0.2) is 18.2 Å². The zero-order valence-electron chi connectivity index (χ0n) is 11.0. The number of nitrogen functional groups attached to an aromatic ring is 1. The molecule has 1 fully saturated rings. The molecule has 1 aliphatic carbocycles. The molecule has 1 amide bonds. The zero-order chi connectivity index (χ0) is 14.1. The SMILES string of the molecule is N#Cc1cccc2c1nc(N)n2CCNC(=O)C1CC1. The fourth-order valence-corrected chi connectivity index (χ4v) is 2.27. The van der Waals surface area contributed by atoms with Gasteiger partial charge in [0.15, 0.2) is 0 Å². The number of rotatable bonds is 4. The third-order valence-electron chi connectivity index (χ3n) is 3.51. The summed E-state index contributed by atoms with van der Waals surface area (Å²) in [4.78, 5) is 15.8. The summed E-state index contributed by atoms with van der Waals surface area (Å²) in [7, 11) is 0. The molecular formula is C14H15N5O. The molecule has 1 aromatic carbocycles. The van der Waals surface area contributed by atoms with E-state index >= 15 is 0 Å². The van der Waals surface area contributed by atoms with E-state index in [4.69, 9.17) is 11.0 Å². The quantitative estimate of drug-likeness (QED) is 0.865. The van der Waals surface area contributed by atoms with Crippen molar-refractivity contribution in [1.82, 2.24) is 14.9 Å². The summed E-state index contributed by atoms with van der Waals surface area (Å²) in [6.07, 6.45) is 1.99. The van der Waals surface area contributed by atoms with Gasteiger partial charge in [0.1, 0.15) is 11.6 Å². The van der Waals surface area contributed by atoms with Crippen molar-refractivity contribution in [1.29, 1.82) is 5.26 Å². The second-order valence-electron chi connectivity index (χ2n) is 4.97.